The van der Waals surface area contributed by atoms with Gasteiger partial charge < -0.3 is 34.0 Å². The minimum absolute atomic E-state index is 0. The molecular weight excluding hydrogens is 316 g/mol. The Balaban J connectivity index is -0.000000167. The second-order valence-corrected chi connectivity index (χ2v) is 2.79. The van der Waals surface area contributed by atoms with Crippen molar-refractivity contribution in [2.75, 3.05) is 0 Å². The van der Waals surface area contributed by atoms with E-state index in [2.05, 4.69) is 38.2 Å². The second kappa shape index (κ2) is 23.8. The van der Waals surface area contributed by atoms with Crippen LogP contribution in [-0.2, 0) is 0 Å². The van der Waals surface area contributed by atoms with Gasteiger partial charge in [0.1, 0.15) is 0 Å². The van der Waals surface area contributed by atoms with Crippen LogP contribution in [0, 0.1) is 0 Å². The van der Waals surface area contributed by atoms with E-state index >= 15 is 0 Å². The zero-order chi connectivity index (χ0) is 8.36. The number of allylic oxidation sites excluding steroid dienone is 4. The number of hydrogen-bond acceptors (Lipinski definition) is 0. The SMILES string of the molecule is CCC/C=C/C=C\CCCC.[Br-].[Br-].[Mg+2]. The third-order valence-corrected chi connectivity index (χ3v) is 1.56. The van der Waals surface area contributed by atoms with Crippen molar-refractivity contribution < 1.29 is 34.0 Å². The summed E-state index contributed by atoms with van der Waals surface area (Å²) in [4.78, 5) is 0. The van der Waals surface area contributed by atoms with Gasteiger partial charge in [-0.2, -0.15) is 0 Å². The molecule has 0 amide bonds. The zero-order valence-electron chi connectivity index (χ0n) is 9.31. The van der Waals surface area contributed by atoms with Gasteiger partial charge in [0.15, 0.2) is 0 Å². The minimum atomic E-state index is 0. The molecule has 0 fully saturated rings. The summed E-state index contributed by atoms with van der Waals surface area (Å²) in [6, 6.07) is 0. The van der Waals surface area contributed by atoms with Crippen LogP contribution in [0.3, 0.4) is 0 Å². The molecule has 0 nitrogen and oxygen atoms in total. The van der Waals surface area contributed by atoms with Crippen LogP contribution in [0.1, 0.15) is 46.0 Å². The Morgan fingerprint density at radius 2 is 1.29 bits per heavy atom. The van der Waals surface area contributed by atoms with Crippen molar-refractivity contribution in [1.82, 2.24) is 0 Å². The molecule has 3 heteroatoms. The average Bonchev–Trinajstić information content (AvgIpc) is 2.03. The number of unbranched alkanes of at least 4 members (excludes halogenated alkanes) is 3. The molecule has 0 aliphatic heterocycles. The van der Waals surface area contributed by atoms with Gasteiger partial charge in [-0.3, -0.25) is 0 Å². The molecule has 0 aliphatic carbocycles. The summed E-state index contributed by atoms with van der Waals surface area (Å²) in [7, 11) is 0. The first-order valence-corrected chi connectivity index (χ1v) is 4.73. The third kappa shape index (κ3) is 23.2. The molecule has 80 valence electrons. The van der Waals surface area contributed by atoms with E-state index in [1.165, 1.54) is 32.1 Å². The molecule has 0 atom stereocenters. The molecule has 0 saturated heterocycles. The maximum Gasteiger partial charge on any atom is 2.00 e. The first kappa shape index (κ1) is 24.4. The van der Waals surface area contributed by atoms with Gasteiger partial charge >= 0.3 is 23.1 Å². The summed E-state index contributed by atoms with van der Waals surface area (Å²) in [6.07, 6.45) is 15.1. The van der Waals surface area contributed by atoms with E-state index in [4.69, 9.17) is 0 Å². The zero-order valence-corrected chi connectivity index (χ0v) is 13.9. The fourth-order valence-corrected chi connectivity index (χ4v) is 0.838. The van der Waals surface area contributed by atoms with Crippen molar-refractivity contribution in [2.45, 2.75) is 46.0 Å². The average molecular weight is 336 g/mol. The Hall–Kier alpha value is 1.21. The van der Waals surface area contributed by atoms with Gasteiger partial charge in [0.05, 0.1) is 0 Å². The molecule has 0 saturated carbocycles. The topological polar surface area (TPSA) is 0 Å². The van der Waals surface area contributed by atoms with Crippen LogP contribution in [0.5, 0.6) is 0 Å². The third-order valence-electron chi connectivity index (χ3n) is 1.56. The Bertz CT molecular complexity index is 122. The Morgan fingerprint density at radius 3 is 1.71 bits per heavy atom. The van der Waals surface area contributed by atoms with Crippen LogP contribution in [0.25, 0.3) is 0 Å². The normalized spacial score (nSPS) is 9.29. The van der Waals surface area contributed by atoms with Crippen molar-refractivity contribution >= 4 is 23.1 Å². The maximum atomic E-state index is 2.25. The smallest absolute Gasteiger partial charge is 1.00 e. The largest absolute Gasteiger partial charge is 2.00 e. The Kier molecular flexibility index (Phi) is 41.5. The van der Waals surface area contributed by atoms with E-state index in [9.17, 15) is 0 Å². The summed E-state index contributed by atoms with van der Waals surface area (Å²) in [5, 5.41) is 0. The molecule has 0 bridgehead atoms. The van der Waals surface area contributed by atoms with Crippen LogP contribution >= 0.6 is 0 Å². The van der Waals surface area contributed by atoms with Crippen molar-refractivity contribution in [3.63, 3.8) is 0 Å². The van der Waals surface area contributed by atoms with Crippen LogP contribution in [0.2, 0.25) is 0 Å². The monoisotopic (exact) mass is 334 g/mol. The first-order chi connectivity index (χ1) is 5.41. The van der Waals surface area contributed by atoms with Gasteiger partial charge in [0, 0.05) is 0 Å². The van der Waals surface area contributed by atoms with Crippen molar-refractivity contribution in [3.05, 3.63) is 24.3 Å². The van der Waals surface area contributed by atoms with Crippen LogP contribution in [0.4, 0.5) is 0 Å². The van der Waals surface area contributed by atoms with Crippen LogP contribution < -0.4 is 34.0 Å². The standard InChI is InChI=1S/C11H20.2BrH.Mg/c1-3-5-7-9-11-10-8-6-4-2;;;/h7,9-11H,3-6,8H2,1-2H3;2*1H;/q;;;+2/p-2/b9-7+,11-10-;;;. The quantitative estimate of drug-likeness (QED) is 0.291. The number of halogens is 2. The molecule has 0 aliphatic rings. The maximum absolute atomic E-state index is 2.25. The van der Waals surface area contributed by atoms with E-state index in [0.717, 1.165) is 0 Å². The van der Waals surface area contributed by atoms with Gasteiger partial charge in [-0.05, 0) is 12.8 Å². The van der Waals surface area contributed by atoms with E-state index < -0.39 is 0 Å². The number of hydrogen-bond donors (Lipinski definition) is 0. The Labute approximate surface area is 126 Å². The summed E-state index contributed by atoms with van der Waals surface area (Å²) in [5.74, 6) is 0. The van der Waals surface area contributed by atoms with E-state index in [0.29, 0.717) is 0 Å². The second-order valence-electron chi connectivity index (χ2n) is 2.79. The molecular formula is C11H20Br2Mg. The molecule has 0 N–H and O–H groups in total. The molecule has 0 aromatic heterocycles. The predicted octanol–water partition coefficient (Wildman–Crippen LogP) is -2.28. The fraction of sp³-hybridized carbons (Fsp3) is 0.636. The number of rotatable bonds is 6. The Morgan fingerprint density at radius 1 is 0.786 bits per heavy atom. The molecule has 0 unspecified atom stereocenters. The van der Waals surface area contributed by atoms with Gasteiger partial charge in [-0.15, -0.1) is 0 Å². The molecule has 0 aromatic rings. The van der Waals surface area contributed by atoms with Crippen molar-refractivity contribution in [2.24, 2.45) is 0 Å². The molecule has 0 rings (SSSR count). The summed E-state index contributed by atoms with van der Waals surface area (Å²) >= 11 is 0. The molecule has 0 heterocycles. The predicted molar refractivity (Wildman–Crippen MR) is 58.5 cm³/mol. The van der Waals surface area contributed by atoms with Gasteiger partial charge in [-0.25, -0.2) is 0 Å². The minimum Gasteiger partial charge on any atom is -1.00 e. The molecule has 0 aromatic carbocycles. The first-order valence-electron chi connectivity index (χ1n) is 4.73. The molecule has 0 radical (unpaired) electrons. The van der Waals surface area contributed by atoms with Crippen molar-refractivity contribution in [1.29, 1.82) is 0 Å². The summed E-state index contributed by atoms with van der Waals surface area (Å²) < 4.78 is 0. The fourth-order valence-electron chi connectivity index (χ4n) is 0.838. The van der Waals surface area contributed by atoms with E-state index in [1.54, 1.807) is 0 Å². The van der Waals surface area contributed by atoms with E-state index in [1.807, 2.05) is 0 Å². The summed E-state index contributed by atoms with van der Waals surface area (Å²) in [6.45, 7) is 4.42. The molecule has 0 spiro atoms. The van der Waals surface area contributed by atoms with Crippen LogP contribution in [-0.4, -0.2) is 23.1 Å². The van der Waals surface area contributed by atoms with E-state index in [-0.39, 0.29) is 57.0 Å². The molecule has 14 heavy (non-hydrogen) atoms. The van der Waals surface area contributed by atoms with Crippen molar-refractivity contribution in [3.8, 4) is 0 Å². The van der Waals surface area contributed by atoms with Gasteiger partial charge in [0.25, 0.3) is 0 Å². The summed E-state index contributed by atoms with van der Waals surface area (Å²) in [5.41, 5.74) is 0. The van der Waals surface area contributed by atoms with Gasteiger partial charge in [0.2, 0.25) is 0 Å². The van der Waals surface area contributed by atoms with Crippen LogP contribution in [0.15, 0.2) is 24.3 Å². The van der Waals surface area contributed by atoms with Gasteiger partial charge in [-0.1, -0.05) is 57.4 Å².